The Kier molecular flexibility index (Phi) is 7.04. The molecule has 4 rings (SSSR count). The zero-order valence-corrected chi connectivity index (χ0v) is 19.7. The Morgan fingerprint density at radius 2 is 1.79 bits per heavy atom. The van der Waals surface area contributed by atoms with E-state index in [1.165, 1.54) is 45.4 Å². The van der Waals surface area contributed by atoms with Gasteiger partial charge in [0.1, 0.15) is 5.82 Å². The first-order valence-electron chi connectivity index (χ1n) is 10.3. The third-order valence-electron chi connectivity index (χ3n) is 5.55. The standard InChI is InChI=1S/C22H21Cl2FN4O3S/c23-16-4-6-17(7-5-16)33(31,32)29-12-8-15(9-13-29)22(30)26-21-10-11-28(27-21)14-18-19(24)2-1-3-20(18)25/h1-7,10-11,15H,8-9,12-14H2,(H,26,27,30). The molecule has 0 unspecified atom stereocenters. The van der Waals surface area contributed by atoms with Crippen LogP contribution in [0.15, 0.2) is 59.6 Å². The number of carbonyl (C=O) groups excluding carboxylic acids is 1. The molecule has 1 aliphatic heterocycles. The highest BCUT2D eigenvalue weighted by Gasteiger charge is 2.32. The molecule has 2 heterocycles. The molecular weight excluding hydrogens is 490 g/mol. The van der Waals surface area contributed by atoms with E-state index in [9.17, 15) is 17.6 Å². The maximum absolute atomic E-state index is 14.0. The highest BCUT2D eigenvalue weighted by atomic mass is 35.5. The van der Waals surface area contributed by atoms with Gasteiger partial charge in [-0.05, 0) is 49.2 Å². The Labute approximate surface area is 201 Å². The smallest absolute Gasteiger partial charge is 0.243 e. The van der Waals surface area contributed by atoms with Crippen molar-refractivity contribution in [1.82, 2.24) is 14.1 Å². The average molecular weight is 511 g/mol. The SMILES string of the molecule is O=C(Nc1ccn(Cc2c(F)cccc2Cl)n1)C1CCN(S(=O)(=O)c2ccc(Cl)cc2)CC1. The van der Waals surface area contributed by atoms with Crippen LogP contribution < -0.4 is 5.32 Å². The third kappa shape index (κ3) is 5.38. The molecule has 0 saturated carbocycles. The second kappa shape index (κ2) is 9.80. The normalized spacial score (nSPS) is 15.5. The predicted molar refractivity (Wildman–Crippen MR) is 124 cm³/mol. The number of nitrogens with zero attached hydrogens (tertiary/aromatic N) is 3. The molecule has 174 valence electrons. The molecule has 0 bridgehead atoms. The maximum atomic E-state index is 14.0. The summed E-state index contributed by atoms with van der Waals surface area (Å²) in [5, 5.41) is 7.79. The van der Waals surface area contributed by atoms with Crippen LogP contribution in [0.1, 0.15) is 18.4 Å². The lowest BCUT2D eigenvalue weighted by Crippen LogP contribution is -2.41. The highest BCUT2D eigenvalue weighted by molar-refractivity contribution is 7.89. The molecule has 0 atom stereocenters. The van der Waals surface area contributed by atoms with Gasteiger partial charge in [0.05, 0.1) is 11.4 Å². The van der Waals surface area contributed by atoms with E-state index in [2.05, 4.69) is 10.4 Å². The lowest BCUT2D eigenvalue weighted by Gasteiger charge is -2.30. The van der Waals surface area contributed by atoms with E-state index >= 15 is 0 Å². The van der Waals surface area contributed by atoms with Crippen molar-refractivity contribution in [3.8, 4) is 0 Å². The molecule has 2 aromatic carbocycles. The van der Waals surface area contributed by atoms with E-state index in [1.807, 2.05) is 0 Å². The summed E-state index contributed by atoms with van der Waals surface area (Å²) in [4.78, 5) is 12.9. The van der Waals surface area contributed by atoms with Crippen molar-refractivity contribution in [2.75, 3.05) is 18.4 Å². The van der Waals surface area contributed by atoms with Crippen molar-refractivity contribution in [2.45, 2.75) is 24.3 Å². The molecule has 1 N–H and O–H groups in total. The molecule has 0 aliphatic carbocycles. The first kappa shape index (κ1) is 23.7. The fraction of sp³-hybridized carbons (Fsp3) is 0.273. The molecule has 3 aromatic rings. The summed E-state index contributed by atoms with van der Waals surface area (Å²) in [5.74, 6) is -0.659. The van der Waals surface area contributed by atoms with Gasteiger partial charge in [-0.25, -0.2) is 12.8 Å². The zero-order chi connectivity index (χ0) is 23.6. The summed E-state index contributed by atoms with van der Waals surface area (Å²) < 4.78 is 42.5. The predicted octanol–water partition coefficient (Wildman–Crippen LogP) is 4.42. The molecule has 1 amide bonds. The third-order valence-corrected chi connectivity index (χ3v) is 8.07. The largest absolute Gasteiger partial charge is 0.309 e. The van der Waals surface area contributed by atoms with Gasteiger partial charge in [0, 0.05) is 46.9 Å². The summed E-state index contributed by atoms with van der Waals surface area (Å²) in [5.41, 5.74) is 0.314. The summed E-state index contributed by atoms with van der Waals surface area (Å²) in [6, 6.07) is 12.1. The number of nitrogens with one attached hydrogen (secondary N) is 1. The topological polar surface area (TPSA) is 84.3 Å². The lowest BCUT2D eigenvalue weighted by molar-refractivity contribution is -0.120. The van der Waals surface area contributed by atoms with Crippen molar-refractivity contribution in [2.24, 2.45) is 5.92 Å². The van der Waals surface area contributed by atoms with Crippen molar-refractivity contribution in [1.29, 1.82) is 0 Å². The van der Waals surface area contributed by atoms with Crippen LogP contribution in [0.4, 0.5) is 10.2 Å². The summed E-state index contributed by atoms with van der Waals surface area (Å²) >= 11 is 11.9. The van der Waals surface area contributed by atoms with Crippen molar-refractivity contribution >= 4 is 45.0 Å². The van der Waals surface area contributed by atoms with Crippen LogP contribution in [-0.4, -0.2) is 41.5 Å². The fourth-order valence-electron chi connectivity index (χ4n) is 3.70. The van der Waals surface area contributed by atoms with Gasteiger partial charge in [-0.1, -0.05) is 29.3 Å². The van der Waals surface area contributed by atoms with Gasteiger partial charge in [-0.2, -0.15) is 9.40 Å². The van der Waals surface area contributed by atoms with Gasteiger partial charge in [-0.15, -0.1) is 0 Å². The van der Waals surface area contributed by atoms with Crippen molar-refractivity contribution < 1.29 is 17.6 Å². The van der Waals surface area contributed by atoms with Crippen LogP contribution in [0.3, 0.4) is 0 Å². The first-order valence-corrected chi connectivity index (χ1v) is 12.5. The number of halogens is 3. The molecule has 1 aliphatic rings. The number of sulfonamides is 1. The van der Waals surface area contributed by atoms with Crippen LogP contribution in [0.25, 0.3) is 0 Å². The second-order valence-corrected chi connectivity index (χ2v) is 10.5. The Morgan fingerprint density at radius 1 is 1.09 bits per heavy atom. The van der Waals surface area contributed by atoms with E-state index in [0.717, 1.165) is 0 Å². The van der Waals surface area contributed by atoms with Gasteiger partial charge in [0.2, 0.25) is 15.9 Å². The van der Waals surface area contributed by atoms with E-state index < -0.39 is 15.8 Å². The Bertz CT molecular complexity index is 1240. The van der Waals surface area contributed by atoms with Gasteiger partial charge < -0.3 is 5.32 Å². The minimum atomic E-state index is -3.63. The van der Waals surface area contributed by atoms with Crippen LogP contribution in [0.2, 0.25) is 10.0 Å². The Balaban J connectivity index is 1.34. The van der Waals surface area contributed by atoms with Crippen LogP contribution in [0, 0.1) is 11.7 Å². The summed E-state index contributed by atoms with van der Waals surface area (Å²) in [7, 11) is -3.63. The molecule has 7 nitrogen and oxygen atoms in total. The summed E-state index contributed by atoms with van der Waals surface area (Å²) in [6.45, 7) is 0.606. The van der Waals surface area contributed by atoms with Crippen molar-refractivity contribution in [3.63, 3.8) is 0 Å². The fourth-order valence-corrected chi connectivity index (χ4v) is 5.52. The molecule has 1 aromatic heterocycles. The molecule has 11 heteroatoms. The van der Waals surface area contributed by atoms with E-state index in [4.69, 9.17) is 23.2 Å². The van der Waals surface area contributed by atoms with Gasteiger partial charge in [0.15, 0.2) is 5.82 Å². The first-order chi connectivity index (χ1) is 15.7. The number of piperidine rings is 1. The quantitative estimate of drug-likeness (QED) is 0.531. The molecule has 1 saturated heterocycles. The Morgan fingerprint density at radius 3 is 2.45 bits per heavy atom. The van der Waals surface area contributed by atoms with E-state index in [1.54, 1.807) is 18.3 Å². The number of benzene rings is 2. The number of anilines is 1. The van der Waals surface area contributed by atoms with E-state index in [-0.39, 0.29) is 36.4 Å². The monoisotopic (exact) mass is 510 g/mol. The average Bonchev–Trinajstić information content (AvgIpc) is 3.23. The minimum Gasteiger partial charge on any atom is -0.309 e. The molecule has 1 fully saturated rings. The minimum absolute atomic E-state index is 0.127. The van der Waals surface area contributed by atoms with Crippen molar-refractivity contribution in [3.05, 3.63) is 76.2 Å². The number of carbonyl (C=O) groups is 1. The molecular formula is C22H21Cl2FN4O3S. The van der Waals surface area contributed by atoms with Gasteiger partial charge in [-0.3, -0.25) is 9.48 Å². The maximum Gasteiger partial charge on any atom is 0.243 e. The number of amides is 1. The Hall–Kier alpha value is -2.46. The second-order valence-electron chi connectivity index (χ2n) is 7.72. The highest BCUT2D eigenvalue weighted by Crippen LogP contribution is 2.26. The summed E-state index contributed by atoms with van der Waals surface area (Å²) in [6.07, 6.45) is 2.41. The van der Waals surface area contributed by atoms with Gasteiger partial charge >= 0.3 is 0 Å². The van der Waals surface area contributed by atoms with E-state index in [0.29, 0.717) is 34.3 Å². The number of aromatic nitrogens is 2. The van der Waals surface area contributed by atoms with Crippen LogP contribution in [-0.2, 0) is 21.4 Å². The number of hydrogen-bond donors (Lipinski definition) is 1. The zero-order valence-electron chi connectivity index (χ0n) is 17.4. The lowest BCUT2D eigenvalue weighted by atomic mass is 9.97. The van der Waals surface area contributed by atoms with Crippen LogP contribution in [0.5, 0.6) is 0 Å². The number of rotatable bonds is 6. The van der Waals surface area contributed by atoms with Gasteiger partial charge in [0.25, 0.3) is 0 Å². The molecule has 0 radical (unpaired) electrons. The molecule has 33 heavy (non-hydrogen) atoms. The molecule has 0 spiro atoms. The number of hydrogen-bond acceptors (Lipinski definition) is 4. The van der Waals surface area contributed by atoms with Crippen LogP contribution >= 0.6 is 23.2 Å².